The van der Waals surface area contributed by atoms with Crippen LogP contribution in [0.25, 0.3) is 0 Å². The third kappa shape index (κ3) is 6.63. The van der Waals surface area contributed by atoms with Crippen molar-refractivity contribution in [2.24, 2.45) is 5.92 Å². The molecular formula is C16H24N2O5. The first-order chi connectivity index (χ1) is 10.8. The second-order valence-electron chi connectivity index (χ2n) is 6.06. The number of nitrogens with one attached hydrogen (secondary N) is 1. The molecule has 0 aromatic rings. The van der Waals surface area contributed by atoms with Crippen LogP contribution >= 0.6 is 0 Å². The minimum absolute atomic E-state index is 0.181. The first-order valence-corrected chi connectivity index (χ1v) is 7.87. The van der Waals surface area contributed by atoms with Crippen molar-refractivity contribution in [2.45, 2.75) is 52.0 Å². The molecule has 0 spiro atoms. The highest BCUT2D eigenvalue weighted by atomic mass is 16.4. The van der Waals surface area contributed by atoms with Crippen LogP contribution in [0.5, 0.6) is 0 Å². The molecule has 0 fully saturated rings. The van der Waals surface area contributed by atoms with Crippen LogP contribution in [0.1, 0.15) is 46.0 Å². The van der Waals surface area contributed by atoms with Crippen molar-refractivity contribution >= 4 is 23.7 Å². The van der Waals surface area contributed by atoms with Gasteiger partial charge in [0.1, 0.15) is 6.04 Å². The number of amides is 3. The lowest BCUT2D eigenvalue weighted by Crippen LogP contribution is -2.41. The maximum absolute atomic E-state index is 11.8. The van der Waals surface area contributed by atoms with Gasteiger partial charge >= 0.3 is 5.97 Å². The number of carboxylic acids is 1. The number of carbonyl (C=O) groups excluding carboxylic acids is 3. The highest BCUT2D eigenvalue weighted by Gasteiger charge is 2.23. The van der Waals surface area contributed by atoms with Gasteiger partial charge in [0.25, 0.3) is 11.8 Å². The van der Waals surface area contributed by atoms with E-state index in [9.17, 15) is 19.2 Å². The minimum atomic E-state index is -1.02. The van der Waals surface area contributed by atoms with E-state index in [4.69, 9.17) is 5.11 Å². The number of carboxylic acid groups (broad SMARTS) is 1. The van der Waals surface area contributed by atoms with Gasteiger partial charge in [0.15, 0.2) is 0 Å². The summed E-state index contributed by atoms with van der Waals surface area (Å²) in [5, 5.41) is 11.6. The van der Waals surface area contributed by atoms with Crippen molar-refractivity contribution in [1.29, 1.82) is 0 Å². The van der Waals surface area contributed by atoms with Gasteiger partial charge in [-0.1, -0.05) is 20.3 Å². The molecule has 0 bridgehead atoms. The first kappa shape index (κ1) is 18.9. The zero-order valence-corrected chi connectivity index (χ0v) is 13.6. The molecule has 0 saturated carbocycles. The summed E-state index contributed by atoms with van der Waals surface area (Å²) in [5.41, 5.74) is 0. The molecule has 7 heteroatoms. The molecule has 0 aliphatic carbocycles. The summed E-state index contributed by atoms with van der Waals surface area (Å²) in [4.78, 5) is 46.7. The highest BCUT2D eigenvalue weighted by molar-refractivity contribution is 6.12. The quantitative estimate of drug-likeness (QED) is 0.462. The maximum atomic E-state index is 11.8. The van der Waals surface area contributed by atoms with Crippen molar-refractivity contribution < 1.29 is 24.3 Å². The van der Waals surface area contributed by atoms with Gasteiger partial charge in [-0.3, -0.25) is 19.3 Å². The smallest absolute Gasteiger partial charge is 0.326 e. The van der Waals surface area contributed by atoms with E-state index in [-0.39, 0.29) is 30.1 Å². The molecule has 0 unspecified atom stereocenters. The topological polar surface area (TPSA) is 104 Å². The number of aliphatic carboxylic acids is 1. The fourth-order valence-electron chi connectivity index (χ4n) is 2.34. The molecule has 0 aromatic carbocycles. The van der Waals surface area contributed by atoms with E-state index < -0.39 is 12.0 Å². The van der Waals surface area contributed by atoms with Crippen LogP contribution in [0.15, 0.2) is 12.2 Å². The lowest BCUT2D eigenvalue weighted by Gasteiger charge is -2.16. The summed E-state index contributed by atoms with van der Waals surface area (Å²) >= 11 is 0. The van der Waals surface area contributed by atoms with Crippen LogP contribution in [0.2, 0.25) is 0 Å². The van der Waals surface area contributed by atoms with E-state index in [1.54, 1.807) is 0 Å². The van der Waals surface area contributed by atoms with Gasteiger partial charge in [0, 0.05) is 25.1 Å². The lowest BCUT2D eigenvalue weighted by atomic mass is 10.0. The zero-order chi connectivity index (χ0) is 17.4. The number of rotatable bonds is 10. The number of hydrogen-bond donors (Lipinski definition) is 2. The normalized spacial score (nSPS) is 15.3. The van der Waals surface area contributed by atoms with Crippen molar-refractivity contribution in [3.05, 3.63) is 12.2 Å². The Balaban J connectivity index is 2.19. The third-order valence-corrected chi connectivity index (χ3v) is 3.53. The Kier molecular flexibility index (Phi) is 7.44. The van der Waals surface area contributed by atoms with Gasteiger partial charge in [0.05, 0.1) is 0 Å². The van der Waals surface area contributed by atoms with Crippen LogP contribution in [-0.2, 0) is 19.2 Å². The molecule has 1 heterocycles. The number of hydrogen-bond acceptors (Lipinski definition) is 4. The third-order valence-electron chi connectivity index (χ3n) is 3.53. The van der Waals surface area contributed by atoms with Gasteiger partial charge < -0.3 is 10.4 Å². The second-order valence-corrected chi connectivity index (χ2v) is 6.06. The van der Waals surface area contributed by atoms with Gasteiger partial charge in [-0.25, -0.2) is 4.79 Å². The lowest BCUT2D eigenvalue weighted by molar-refractivity contribution is -0.142. The van der Waals surface area contributed by atoms with Gasteiger partial charge in [0.2, 0.25) is 5.91 Å². The Labute approximate surface area is 135 Å². The molecule has 0 radical (unpaired) electrons. The molecule has 1 aliphatic heterocycles. The van der Waals surface area contributed by atoms with Crippen LogP contribution in [-0.4, -0.2) is 46.3 Å². The van der Waals surface area contributed by atoms with Crippen LogP contribution in [0, 0.1) is 5.92 Å². The number of imide groups is 1. The molecule has 128 valence electrons. The summed E-state index contributed by atoms with van der Waals surface area (Å²) < 4.78 is 0. The Morgan fingerprint density at radius 3 is 2.26 bits per heavy atom. The van der Waals surface area contributed by atoms with Crippen LogP contribution in [0.4, 0.5) is 0 Å². The molecule has 3 amide bonds. The summed E-state index contributed by atoms with van der Waals surface area (Å²) in [6.07, 6.45) is 5.03. The number of unbranched alkanes of at least 4 members (excludes halogenated alkanes) is 2. The van der Waals surface area contributed by atoms with E-state index >= 15 is 0 Å². The first-order valence-electron chi connectivity index (χ1n) is 7.87. The Morgan fingerprint density at radius 1 is 1.13 bits per heavy atom. The molecular weight excluding hydrogens is 300 g/mol. The monoisotopic (exact) mass is 324 g/mol. The standard InChI is InChI=1S/C16H24N2O5/c1-11(2)10-12(16(22)23)17-13(19)6-4-3-5-9-18-14(20)7-8-15(18)21/h7-8,11-12H,3-6,9-10H2,1-2H3,(H,17,19)(H,22,23)/t12-/m0/s1. The molecule has 1 rings (SSSR count). The average molecular weight is 324 g/mol. The van der Waals surface area contributed by atoms with Gasteiger partial charge in [-0.15, -0.1) is 0 Å². The van der Waals surface area contributed by atoms with Crippen LogP contribution in [0.3, 0.4) is 0 Å². The van der Waals surface area contributed by atoms with E-state index in [0.29, 0.717) is 32.2 Å². The number of carbonyl (C=O) groups is 4. The molecule has 1 aliphatic rings. The van der Waals surface area contributed by atoms with Gasteiger partial charge in [-0.05, 0) is 25.2 Å². The molecule has 0 aromatic heterocycles. The fraction of sp³-hybridized carbons (Fsp3) is 0.625. The predicted molar refractivity (Wildman–Crippen MR) is 83.3 cm³/mol. The predicted octanol–water partition coefficient (Wildman–Crippen LogP) is 1.09. The Morgan fingerprint density at radius 2 is 1.74 bits per heavy atom. The van der Waals surface area contributed by atoms with E-state index in [1.165, 1.54) is 17.1 Å². The SMILES string of the molecule is CC(C)C[C@H](NC(=O)CCCCCN1C(=O)C=CC1=O)C(=O)O. The average Bonchev–Trinajstić information content (AvgIpc) is 2.77. The fourth-order valence-corrected chi connectivity index (χ4v) is 2.34. The maximum Gasteiger partial charge on any atom is 0.326 e. The summed E-state index contributed by atoms with van der Waals surface area (Å²) in [7, 11) is 0. The molecule has 7 nitrogen and oxygen atoms in total. The minimum Gasteiger partial charge on any atom is -0.480 e. The zero-order valence-electron chi connectivity index (χ0n) is 13.6. The van der Waals surface area contributed by atoms with E-state index in [1.807, 2.05) is 13.8 Å². The van der Waals surface area contributed by atoms with Crippen molar-refractivity contribution in [3.63, 3.8) is 0 Å². The Hall–Kier alpha value is -2.18. The van der Waals surface area contributed by atoms with E-state index in [0.717, 1.165) is 0 Å². The Bertz CT molecular complexity index is 481. The van der Waals surface area contributed by atoms with Gasteiger partial charge in [-0.2, -0.15) is 0 Å². The molecule has 1 atom stereocenters. The highest BCUT2D eigenvalue weighted by Crippen LogP contribution is 2.09. The number of nitrogens with zero attached hydrogens (tertiary/aromatic N) is 1. The molecule has 2 N–H and O–H groups in total. The largest absolute Gasteiger partial charge is 0.480 e. The van der Waals surface area contributed by atoms with Crippen molar-refractivity contribution in [3.8, 4) is 0 Å². The summed E-state index contributed by atoms with van der Waals surface area (Å²) in [6, 6.07) is -0.853. The van der Waals surface area contributed by atoms with Crippen molar-refractivity contribution in [2.75, 3.05) is 6.54 Å². The van der Waals surface area contributed by atoms with E-state index in [2.05, 4.69) is 5.32 Å². The van der Waals surface area contributed by atoms with Crippen LogP contribution < -0.4 is 5.32 Å². The van der Waals surface area contributed by atoms with Crippen molar-refractivity contribution in [1.82, 2.24) is 10.2 Å². The molecule has 23 heavy (non-hydrogen) atoms. The summed E-state index contributed by atoms with van der Waals surface area (Å²) in [5.74, 6) is -1.73. The second kappa shape index (κ2) is 9.07. The summed E-state index contributed by atoms with van der Waals surface area (Å²) in [6.45, 7) is 4.15. The molecule has 0 saturated heterocycles.